The molecule has 0 aliphatic rings. The zero-order valence-electron chi connectivity index (χ0n) is 17.6. The summed E-state index contributed by atoms with van der Waals surface area (Å²) in [6, 6.07) is 25.7. The number of ether oxygens (including phenoxy) is 1. The summed E-state index contributed by atoms with van der Waals surface area (Å²) in [4.78, 5) is 12.7. The zero-order valence-corrected chi connectivity index (χ0v) is 17.6. The first-order valence-corrected chi connectivity index (χ1v) is 10.3. The van der Waals surface area contributed by atoms with Crippen molar-refractivity contribution in [2.45, 2.75) is 19.4 Å². The van der Waals surface area contributed by atoms with E-state index in [1.165, 1.54) is 0 Å². The number of amides is 1. The lowest BCUT2D eigenvalue weighted by Gasteiger charge is -2.16. The van der Waals surface area contributed by atoms with Crippen LogP contribution in [0.25, 0.3) is 21.5 Å². The van der Waals surface area contributed by atoms with Crippen LogP contribution in [0.4, 0.5) is 5.69 Å². The molecule has 5 nitrogen and oxygen atoms in total. The fraction of sp³-hybridized carbons (Fsp3) is 0.154. The van der Waals surface area contributed by atoms with Crippen LogP contribution in [-0.2, 0) is 4.79 Å². The second-order valence-corrected chi connectivity index (χ2v) is 7.30. The number of anilines is 1. The highest BCUT2D eigenvalue weighted by molar-refractivity contribution is 6.13. The van der Waals surface area contributed by atoms with Gasteiger partial charge >= 0.3 is 0 Å². The Labute approximate surface area is 181 Å². The van der Waals surface area contributed by atoms with Gasteiger partial charge in [0.2, 0.25) is 0 Å². The van der Waals surface area contributed by atoms with Crippen LogP contribution in [0, 0.1) is 0 Å². The Morgan fingerprint density at radius 2 is 1.58 bits per heavy atom. The normalized spacial score (nSPS) is 12.2. The van der Waals surface area contributed by atoms with Gasteiger partial charge in [-0.2, -0.15) is 5.10 Å². The fourth-order valence-electron chi connectivity index (χ4n) is 3.67. The van der Waals surface area contributed by atoms with Gasteiger partial charge in [0.1, 0.15) is 11.8 Å². The van der Waals surface area contributed by atoms with Crippen molar-refractivity contribution in [2.24, 2.45) is 5.10 Å². The molecule has 0 spiro atoms. The predicted octanol–water partition coefficient (Wildman–Crippen LogP) is 5.34. The largest absolute Gasteiger partial charge is 0.497 e. The lowest BCUT2D eigenvalue weighted by Crippen LogP contribution is -2.36. The van der Waals surface area contributed by atoms with Crippen LogP contribution < -0.4 is 15.5 Å². The Morgan fingerprint density at radius 1 is 0.968 bits per heavy atom. The molecule has 0 saturated carbocycles. The van der Waals surface area contributed by atoms with Crippen molar-refractivity contribution in [3.05, 3.63) is 84.4 Å². The topological polar surface area (TPSA) is 62.7 Å². The second-order valence-electron chi connectivity index (χ2n) is 7.30. The zero-order chi connectivity index (χ0) is 21.6. The van der Waals surface area contributed by atoms with E-state index in [9.17, 15) is 4.79 Å². The lowest BCUT2D eigenvalue weighted by molar-refractivity contribution is -0.121. The molecule has 1 unspecified atom stereocenters. The summed E-state index contributed by atoms with van der Waals surface area (Å²) in [5.41, 5.74) is 4.54. The quantitative estimate of drug-likeness (QED) is 0.245. The molecule has 4 rings (SSSR count). The van der Waals surface area contributed by atoms with Crippen molar-refractivity contribution < 1.29 is 9.53 Å². The SMILES string of the molecule is CCC(Nc1ccc(OC)cc1)C(=O)N/N=C/c1c2ccccc2cc2ccccc12. The van der Waals surface area contributed by atoms with Gasteiger partial charge in [-0.15, -0.1) is 0 Å². The van der Waals surface area contributed by atoms with Crippen LogP contribution in [0.3, 0.4) is 0 Å². The van der Waals surface area contributed by atoms with E-state index < -0.39 is 6.04 Å². The van der Waals surface area contributed by atoms with E-state index >= 15 is 0 Å². The molecule has 0 heterocycles. The van der Waals surface area contributed by atoms with E-state index in [2.05, 4.69) is 46.2 Å². The molecule has 1 amide bonds. The number of hydrogen-bond donors (Lipinski definition) is 2. The van der Waals surface area contributed by atoms with Gasteiger partial charge in [-0.25, -0.2) is 5.43 Å². The number of methoxy groups -OCH3 is 1. The van der Waals surface area contributed by atoms with Crippen LogP contribution in [-0.4, -0.2) is 25.3 Å². The third-order valence-corrected chi connectivity index (χ3v) is 5.34. The molecule has 0 aromatic heterocycles. The lowest BCUT2D eigenvalue weighted by atomic mass is 9.97. The van der Waals surface area contributed by atoms with Crippen molar-refractivity contribution in [3.8, 4) is 5.75 Å². The molecule has 0 aliphatic heterocycles. The molecule has 0 fully saturated rings. The van der Waals surface area contributed by atoms with Crippen LogP contribution in [0.1, 0.15) is 18.9 Å². The number of nitrogens with one attached hydrogen (secondary N) is 2. The summed E-state index contributed by atoms with van der Waals surface area (Å²) in [5, 5.41) is 12.0. The molecule has 31 heavy (non-hydrogen) atoms. The molecule has 4 aromatic rings. The Hall–Kier alpha value is -3.86. The van der Waals surface area contributed by atoms with Gasteiger partial charge in [-0.05, 0) is 58.3 Å². The Bertz CT molecular complexity index is 1180. The highest BCUT2D eigenvalue weighted by Crippen LogP contribution is 2.27. The Morgan fingerprint density at radius 3 is 2.16 bits per heavy atom. The number of rotatable bonds is 7. The number of benzene rings is 4. The molecular weight excluding hydrogens is 386 g/mol. The molecule has 0 bridgehead atoms. The fourth-order valence-corrected chi connectivity index (χ4v) is 3.67. The molecule has 156 valence electrons. The van der Waals surface area contributed by atoms with Crippen LogP contribution >= 0.6 is 0 Å². The minimum atomic E-state index is -0.394. The molecule has 5 heteroatoms. The van der Waals surface area contributed by atoms with Gasteiger partial charge in [-0.3, -0.25) is 4.79 Å². The maximum absolute atomic E-state index is 12.7. The Balaban J connectivity index is 1.54. The number of carbonyl (C=O) groups is 1. The van der Waals surface area contributed by atoms with Gasteiger partial charge in [0.25, 0.3) is 5.91 Å². The summed E-state index contributed by atoms with van der Waals surface area (Å²) in [6.45, 7) is 1.96. The second kappa shape index (κ2) is 9.30. The standard InChI is InChI=1S/C26H25N3O2/c1-3-25(28-20-12-14-21(31-2)15-13-20)26(30)29-27-17-24-22-10-6-4-8-18(22)16-19-9-5-7-11-23(19)24/h4-17,25,28H,3H2,1-2H3,(H,29,30)/b27-17+. The predicted molar refractivity (Wildman–Crippen MR) is 128 cm³/mol. The first kappa shape index (κ1) is 20.4. The van der Waals surface area contributed by atoms with E-state index in [4.69, 9.17) is 4.74 Å². The van der Waals surface area contributed by atoms with Crippen molar-refractivity contribution in [2.75, 3.05) is 12.4 Å². The smallest absolute Gasteiger partial charge is 0.262 e. The summed E-state index contributed by atoms with van der Waals surface area (Å²) >= 11 is 0. The molecule has 0 aliphatic carbocycles. The van der Waals surface area contributed by atoms with E-state index in [1.54, 1.807) is 13.3 Å². The maximum Gasteiger partial charge on any atom is 0.262 e. The van der Waals surface area contributed by atoms with Crippen molar-refractivity contribution in [1.29, 1.82) is 0 Å². The first-order chi connectivity index (χ1) is 15.2. The average molecular weight is 412 g/mol. The van der Waals surface area contributed by atoms with Crippen LogP contribution in [0.2, 0.25) is 0 Å². The molecular formula is C26H25N3O2. The number of fused-ring (bicyclic) bond motifs is 2. The van der Waals surface area contributed by atoms with Gasteiger partial charge in [0.05, 0.1) is 13.3 Å². The third-order valence-electron chi connectivity index (χ3n) is 5.34. The van der Waals surface area contributed by atoms with Gasteiger partial charge in [0, 0.05) is 11.3 Å². The summed E-state index contributed by atoms with van der Waals surface area (Å²) in [7, 11) is 1.63. The minimum absolute atomic E-state index is 0.181. The minimum Gasteiger partial charge on any atom is -0.497 e. The van der Waals surface area contributed by atoms with E-state index in [-0.39, 0.29) is 5.91 Å². The summed E-state index contributed by atoms with van der Waals surface area (Å²) in [5.74, 6) is 0.592. The molecule has 0 radical (unpaired) electrons. The molecule has 2 N–H and O–H groups in total. The first-order valence-electron chi connectivity index (χ1n) is 10.3. The highest BCUT2D eigenvalue weighted by atomic mass is 16.5. The molecule has 4 aromatic carbocycles. The number of hydrogen-bond acceptors (Lipinski definition) is 4. The molecule has 0 saturated heterocycles. The third kappa shape index (κ3) is 4.51. The van der Waals surface area contributed by atoms with Crippen LogP contribution in [0.5, 0.6) is 5.75 Å². The molecule has 1 atom stereocenters. The summed E-state index contributed by atoms with van der Waals surface area (Å²) < 4.78 is 5.18. The van der Waals surface area contributed by atoms with E-state index in [0.717, 1.165) is 38.5 Å². The number of carbonyl (C=O) groups excluding carboxylic acids is 1. The average Bonchev–Trinajstić information content (AvgIpc) is 2.82. The number of hydrazone groups is 1. The number of nitrogens with zero attached hydrogens (tertiary/aromatic N) is 1. The monoisotopic (exact) mass is 411 g/mol. The van der Waals surface area contributed by atoms with Crippen molar-refractivity contribution in [1.82, 2.24) is 5.43 Å². The summed E-state index contributed by atoms with van der Waals surface area (Å²) in [6.07, 6.45) is 2.37. The van der Waals surface area contributed by atoms with E-state index in [0.29, 0.717) is 6.42 Å². The maximum atomic E-state index is 12.7. The highest BCUT2D eigenvalue weighted by Gasteiger charge is 2.15. The van der Waals surface area contributed by atoms with Gasteiger partial charge < -0.3 is 10.1 Å². The van der Waals surface area contributed by atoms with Crippen molar-refractivity contribution >= 4 is 39.4 Å². The Kier molecular flexibility index (Phi) is 6.13. The van der Waals surface area contributed by atoms with Gasteiger partial charge in [0.15, 0.2) is 0 Å². The van der Waals surface area contributed by atoms with E-state index in [1.807, 2.05) is 55.5 Å². The van der Waals surface area contributed by atoms with Gasteiger partial charge in [-0.1, -0.05) is 55.5 Å². The van der Waals surface area contributed by atoms with Crippen molar-refractivity contribution in [3.63, 3.8) is 0 Å². The van der Waals surface area contributed by atoms with Crippen LogP contribution in [0.15, 0.2) is 84.0 Å².